The van der Waals surface area contributed by atoms with Crippen LogP contribution in [0.4, 0.5) is 0 Å². The molecule has 0 unspecified atom stereocenters. The molecule has 0 spiro atoms. The SMILES string of the molecule is CCCC(=O)c1ccc(C(=O)OO)c(C(C)(C)C)c1. The third-order valence-corrected chi connectivity index (χ3v) is 2.93. The van der Waals surface area contributed by atoms with Gasteiger partial charge >= 0.3 is 5.97 Å². The molecular weight excluding hydrogens is 244 g/mol. The first-order valence-electron chi connectivity index (χ1n) is 6.34. The van der Waals surface area contributed by atoms with Crippen LogP contribution in [0.2, 0.25) is 0 Å². The molecule has 4 nitrogen and oxygen atoms in total. The second-order valence-electron chi connectivity index (χ2n) is 5.56. The molecule has 0 aliphatic carbocycles. The third kappa shape index (κ3) is 3.64. The van der Waals surface area contributed by atoms with Crippen LogP contribution < -0.4 is 0 Å². The van der Waals surface area contributed by atoms with Gasteiger partial charge in [0.1, 0.15) is 0 Å². The summed E-state index contributed by atoms with van der Waals surface area (Å²) in [5, 5.41) is 8.52. The Kier molecular flexibility index (Phi) is 4.84. The Morgan fingerprint density at radius 3 is 2.37 bits per heavy atom. The zero-order valence-corrected chi connectivity index (χ0v) is 11.8. The van der Waals surface area contributed by atoms with E-state index in [2.05, 4.69) is 4.89 Å². The van der Waals surface area contributed by atoms with Crippen molar-refractivity contribution in [3.63, 3.8) is 0 Å². The lowest BCUT2D eigenvalue weighted by Gasteiger charge is -2.22. The predicted molar refractivity (Wildman–Crippen MR) is 72.4 cm³/mol. The molecule has 0 bridgehead atoms. The lowest BCUT2D eigenvalue weighted by atomic mass is 9.82. The lowest BCUT2D eigenvalue weighted by molar-refractivity contribution is -0.182. The van der Waals surface area contributed by atoms with Crippen LogP contribution in [0.25, 0.3) is 0 Å². The largest absolute Gasteiger partial charge is 0.373 e. The molecule has 0 heterocycles. The van der Waals surface area contributed by atoms with Crippen LogP contribution in [-0.4, -0.2) is 17.0 Å². The Labute approximate surface area is 113 Å². The minimum atomic E-state index is -0.806. The number of ketones is 1. The summed E-state index contributed by atoms with van der Waals surface area (Å²) in [6.45, 7) is 7.75. The fourth-order valence-electron chi connectivity index (χ4n) is 1.94. The van der Waals surface area contributed by atoms with Gasteiger partial charge in [-0.2, -0.15) is 5.26 Å². The number of hydrogen-bond donors (Lipinski definition) is 1. The molecule has 0 aliphatic rings. The lowest BCUT2D eigenvalue weighted by Crippen LogP contribution is -2.19. The summed E-state index contributed by atoms with van der Waals surface area (Å²) in [6, 6.07) is 4.84. The van der Waals surface area contributed by atoms with Gasteiger partial charge in [0.25, 0.3) is 0 Å². The molecule has 0 saturated carbocycles. The highest BCUT2D eigenvalue weighted by Crippen LogP contribution is 2.28. The number of carbonyl (C=O) groups excluding carboxylic acids is 2. The minimum absolute atomic E-state index is 0.0527. The van der Waals surface area contributed by atoms with Gasteiger partial charge in [0.2, 0.25) is 0 Å². The molecule has 0 radical (unpaired) electrons. The molecule has 0 saturated heterocycles. The standard InChI is InChI=1S/C15H20O4/c1-5-6-13(16)10-7-8-11(14(17)19-18)12(9-10)15(2,3)4/h7-9,18H,5-6H2,1-4H3. The first kappa shape index (κ1) is 15.4. The Morgan fingerprint density at radius 1 is 1.26 bits per heavy atom. The fraction of sp³-hybridized carbons (Fsp3) is 0.467. The van der Waals surface area contributed by atoms with Crippen molar-refractivity contribution in [1.29, 1.82) is 0 Å². The molecule has 1 aromatic carbocycles. The van der Waals surface area contributed by atoms with E-state index in [1.54, 1.807) is 12.1 Å². The van der Waals surface area contributed by atoms with E-state index in [9.17, 15) is 9.59 Å². The van der Waals surface area contributed by atoms with Crippen molar-refractivity contribution >= 4 is 11.8 Å². The first-order chi connectivity index (χ1) is 8.81. The van der Waals surface area contributed by atoms with Gasteiger partial charge in [0, 0.05) is 12.0 Å². The molecule has 0 atom stereocenters. The molecule has 1 rings (SSSR count). The van der Waals surface area contributed by atoms with Crippen molar-refractivity contribution in [2.45, 2.75) is 46.0 Å². The van der Waals surface area contributed by atoms with Gasteiger partial charge < -0.3 is 0 Å². The van der Waals surface area contributed by atoms with E-state index in [0.717, 1.165) is 6.42 Å². The number of benzene rings is 1. The van der Waals surface area contributed by atoms with Gasteiger partial charge in [-0.15, -0.1) is 0 Å². The van der Waals surface area contributed by atoms with Crippen molar-refractivity contribution < 1.29 is 19.7 Å². The Bertz CT molecular complexity index is 483. The molecule has 19 heavy (non-hydrogen) atoms. The maximum absolute atomic E-state index is 11.9. The van der Waals surface area contributed by atoms with E-state index in [1.807, 2.05) is 27.7 Å². The maximum Gasteiger partial charge on any atom is 0.373 e. The zero-order chi connectivity index (χ0) is 14.6. The van der Waals surface area contributed by atoms with E-state index in [0.29, 0.717) is 17.5 Å². The van der Waals surface area contributed by atoms with E-state index >= 15 is 0 Å². The van der Waals surface area contributed by atoms with Crippen LogP contribution in [0, 0.1) is 0 Å². The number of hydrogen-bond acceptors (Lipinski definition) is 4. The van der Waals surface area contributed by atoms with Crippen LogP contribution in [0.15, 0.2) is 18.2 Å². The van der Waals surface area contributed by atoms with Gasteiger partial charge in [0.15, 0.2) is 5.78 Å². The fourth-order valence-corrected chi connectivity index (χ4v) is 1.94. The van der Waals surface area contributed by atoms with E-state index in [4.69, 9.17) is 5.26 Å². The minimum Gasteiger partial charge on any atom is -0.295 e. The first-order valence-corrected chi connectivity index (χ1v) is 6.34. The molecule has 104 valence electrons. The predicted octanol–water partition coefficient (Wildman–Crippen LogP) is 3.60. The normalized spacial score (nSPS) is 11.2. The van der Waals surface area contributed by atoms with Crippen molar-refractivity contribution in [3.8, 4) is 0 Å². The molecule has 4 heteroatoms. The van der Waals surface area contributed by atoms with E-state index in [-0.39, 0.29) is 16.8 Å². The van der Waals surface area contributed by atoms with Crippen LogP contribution >= 0.6 is 0 Å². The zero-order valence-electron chi connectivity index (χ0n) is 11.8. The summed E-state index contributed by atoms with van der Waals surface area (Å²) in [5.41, 5.74) is 1.23. The topological polar surface area (TPSA) is 63.6 Å². The summed E-state index contributed by atoms with van der Waals surface area (Å²) < 4.78 is 0. The Balaban J connectivity index is 3.31. The van der Waals surface area contributed by atoms with Crippen molar-refractivity contribution in [2.24, 2.45) is 0 Å². The molecule has 0 amide bonds. The maximum atomic E-state index is 11.9. The summed E-state index contributed by atoms with van der Waals surface area (Å²) in [5.74, 6) is -0.753. The van der Waals surface area contributed by atoms with Gasteiger partial charge in [-0.05, 0) is 29.5 Å². The second-order valence-corrected chi connectivity index (χ2v) is 5.56. The van der Waals surface area contributed by atoms with Gasteiger partial charge in [-0.25, -0.2) is 4.79 Å². The summed E-state index contributed by atoms with van der Waals surface area (Å²) in [7, 11) is 0. The van der Waals surface area contributed by atoms with E-state index in [1.165, 1.54) is 6.07 Å². The van der Waals surface area contributed by atoms with Crippen LogP contribution in [0.5, 0.6) is 0 Å². The summed E-state index contributed by atoms with van der Waals surface area (Å²) in [6.07, 6.45) is 1.26. The Hall–Kier alpha value is -1.68. The molecular formula is C15H20O4. The van der Waals surface area contributed by atoms with Crippen LogP contribution in [0.1, 0.15) is 66.8 Å². The third-order valence-electron chi connectivity index (χ3n) is 2.93. The monoisotopic (exact) mass is 264 g/mol. The Morgan fingerprint density at radius 2 is 1.89 bits per heavy atom. The molecule has 1 aromatic rings. The van der Waals surface area contributed by atoms with E-state index < -0.39 is 5.97 Å². The molecule has 0 fully saturated rings. The summed E-state index contributed by atoms with van der Waals surface area (Å²) >= 11 is 0. The highest BCUT2D eigenvalue weighted by atomic mass is 17.1. The molecule has 0 aromatic heterocycles. The average Bonchev–Trinajstić information content (AvgIpc) is 2.36. The quantitative estimate of drug-likeness (QED) is 0.512. The van der Waals surface area contributed by atoms with Crippen LogP contribution in [0.3, 0.4) is 0 Å². The average molecular weight is 264 g/mol. The van der Waals surface area contributed by atoms with Crippen molar-refractivity contribution in [3.05, 3.63) is 34.9 Å². The number of Topliss-reactive ketones (excluding diaryl/α,β-unsaturated/α-hetero) is 1. The number of rotatable bonds is 4. The van der Waals surface area contributed by atoms with Gasteiger partial charge in [-0.3, -0.25) is 9.68 Å². The second kappa shape index (κ2) is 5.97. The summed E-state index contributed by atoms with van der Waals surface area (Å²) in [4.78, 5) is 27.2. The smallest absolute Gasteiger partial charge is 0.295 e. The van der Waals surface area contributed by atoms with Crippen molar-refractivity contribution in [2.75, 3.05) is 0 Å². The van der Waals surface area contributed by atoms with Crippen LogP contribution in [-0.2, 0) is 10.3 Å². The van der Waals surface area contributed by atoms with Gasteiger partial charge in [0.05, 0.1) is 5.56 Å². The number of carbonyl (C=O) groups is 2. The van der Waals surface area contributed by atoms with Gasteiger partial charge in [-0.1, -0.05) is 33.8 Å². The highest BCUT2D eigenvalue weighted by molar-refractivity contribution is 5.98. The van der Waals surface area contributed by atoms with Crippen molar-refractivity contribution in [1.82, 2.24) is 0 Å². The molecule has 0 aliphatic heterocycles. The molecule has 1 N–H and O–H groups in total. The highest BCUT2D eigenvalue weighted by Gasteiger charge is 2.24.